The molecule has 2 rings (SSSR count). The Bertz CT molecular complexity index is 510. The van der Waals surface area contributed by atoms with Gasteiger partial charge >= 0.3 is 0 Å². The van der Waals surface area contributed by atoms with Gasteiger partial charge in [-0.15, -0.1) is 0 Å². The van der Waals surface area contributed by atoms with Crippen molar-refractivity contribution in [1.29, 1.82) is 0 Å². The van der Waals surface area contributed by atoms with Crippen LogP contribution < -0.4 is 5.32 Å². The first-order valence-electron chi connectivity index (χ1n) is 5.29. The van der Waals surface area contributed by atoms with E-state index >= 15 is 0 Å². The lowest BCUT2D eigenvalue weighted by Crippen LogP contribution is -2.04. The van der Waals surface area contributed by atoms with Crippen molar-refractivity contribution >= 4 is 11.6 Å². The maximum atomic E-state index is 13.5. The van der Waals surface area contributed by atoms with Crippen molar-refractivity contribution in [3.05, 3.63) is 52.6 Å². The summed E-state index contributed by atoms with van der Waals surface area (Å²) < 4.78 is 15.2. The van der Waals surface area contributed by atoms with Crippen LogP contribution in [0.1, 0.15) is 11.1 Å². The fourth-order valence-corrected chi connectivity index (χ4v) is 1.82. The SMILES string of the molecule is CNCc1cnn(Cc2cc(Cl)ccc2F)c1. The minimum absolute atomic E-state index is 0.264. The second kappa shape index (κ2) is 5.29. The standard InChI is InChI=1S/C12H13ClFN3/c1-15-5-9-6-16-17(7-9)8-10-4-11(13)2-3-12(10)14/h2-4,6-7,15H,5,8H2,1H3. The Morgan fingerprint density at radius 3 is 3.06 bits per heavy atom. The van der Waals surface area contributed by atoms with E-state index in [1.165, 1.54) is 12.1 Å². The summed E-state index contributed by atoms with van der Waals surface area (Å²) in [6.07, 6.45) is 3.65. The van der Waals surface area contributed by atoms with Gasteiger partial charge in [-0.05, 0) is 25.2 Å². The zero-order chi connectivity index (χ0) is 12.3. The van der Waals surface area contributed by atoms with Crippen LogP contribution in [-0.2, 0) is 13.1 Å². The third kappa shape index (κ3) is 3.05. The molecule has 0 spiro atoms. The van der Waals surface area contributed by atoms with Crippen LogP contribution in [0.15, 0.2) is 30.6 Å². The molecule has 0 atom stereocenters. The summed E-state index contributed by atoms with van der Waals surface area (Å²) >= 11 is 5.83. The van der Waals surface area contributed by atoms with Crippen LogP contribution in [0.3, 0.4) is 0 Å². The lowest BCUT2D eigenvalue weighted by atomic mass is 10.2. The lowest BCUT2D eigenvalue weighted by molar-refractivity contribution is 0.585. The Kier molecular flexibility index (Phi) is 3.76. The highest BCUT2D eigenvalue weighted by molar-refractivity contribution is 6.30. The van der Waals surface area contributed by atoms with E-state index in [2.05, 4.69) is 10.4 Å². The van der Waals surface area contributed by atoms with Crippen molar-refractivity contribution < 1.29 is 4.39 Å². The van der Waals surface area contributed by atoms with Crippen molar-refractivity contribution in [3.63, 3.8) is 0 Å². The lowest BCUT2D eigenvalue weighted by Gasteiger charge is -2.04. The van der Waals surface area contributed by atoms with E-state index < -0.39 is 0 Å². The van der Waals surface area contributed by atoms with Crippen LogP contribution in [0.2, 0.25) is 5.02 Å². The molecule has 0 bridgehead atoms. The molecule has 0 unspecified atom stereocenters. The summed E-state index contributed by atoms with van der Waals surface area (Å²) in [6, 6.07) is 4.53. The largest absolute Gasteiger partial charge is 0.316 e. The van der Waals surface area contributed by atoms with Gasteiger partial charge in [0.15, 0.2) is 0 Å². The van der Waals surface area contributed by atoms with Crippen molar-refractivity contribution in [2.45, 2.75) is 13.1 Å². The number of benzene rings is 1. The van der Waals surface area contributed by atoms with E-state index in [1.807, 2.05) is 13.2 Å². The Hall–Kier alpha value is -1.39. The van der Waals surface area contributed by atoms with Crippen LogP contribution in [0.25, 0.3) is 0 Å². The van der Waals surface area contributed by atoms with E-state index in [-0.39, 0.29) is 5.82 Å². The molecule has 0 aliphatic rings. The van der Waals surface area contributed by atoms with E-state index in [0.717, 1.165) is 12.1 Å². The predicted molar refractivity (Wildman–Crippen MR) is 65.5 cm³/mol. The molecule has 17 heavy (non-hydrogen) atoms. The van der Waals surface area contributed by atoms with Gasteiger partial charge in [-0.1, -0.05) is 11.6 Å². The highest BCUT2D eigenvalue weighted by Crippen LogP contribution is 2.15. The summed E-state index contributed by atoms with van der Waals surface area (Å²) in [5, 5.41) is 7.73. The fraction of sp³-hybridized carbons (Fsp3) is 0.250. The number of nitrogens with zero attached hydrogens (tertiary/aromatic N) is 2. The topological polar surface area (TPSA) is 29.9 Å². The second-order valence-corrected chi connectivity index (χ2v) is 4.25. The van der Waals surface area contributed by atoms with Gasteiger partial charge in [0.2, 0.25) is 0 Å². The average Bonchev–Trinajstić information content (AvgIpc) is 2.72. The van der Waals surface area contributed by atoms with Gasteiger partial charge in [-0.2, -0.15) is 5.10 Å². The molecule has 0 saturated carbocycles. The molecule has 0 saturated heterocycles. The minimum Gasteiger partial charge on any atom is -0.316 e. The van der Waals surface area contributed by atoms with Crippen LogP contribution in [-0.4, -0.2) is 16.8 Å². The molecular weight excluding hydrogens is 241 g/mol. The highest BCUT2D eigenvalue weighted by Gasteiger charge is 2.05. The van der Waals surface area contributed by atoms with E-state index in [0.29, 0.717) is 17.1 Å². The van der Waals surface area contributed by atoms with Crippen LogP contribution in [0, 0.1) is 5.82 Å². The van der Waals surface area contributed by atoms with E-state index in [4.69, 9.17) is 11.6 Å². The molecule has 0 aliphatic heterocycles. The Balaban J connectivity index is 2.16. The quantitative estimate of drug-likeness (QED) is 0.907. The zero-order valence-electron chi connectivity index (χ0n) is 9.45. The fourth-order valence-electron chi connectivity index (χ4n) is 1.63. The van der Waals surface area contributed by atoms with Gasteiger partial charge in [-0.3, -0.25) is 4.68 Å². The van der Waals surface area contributed by atoms with E-state index in [1.54, 1.807) is 16.9 Å². The maximum Gasteiger partial charge on any atom is 0.128 e. The van der Waals surface area contributed by atoms with Crippen molar-refractivity contribution in [1.82, 2.24) is 15.1 Å². The van der Waals surface area contributed by atoms with Gasteiger partial charge in [0, 0.05) is 28.9 Å². The van der Waals surface area contributed by atoms with E-state index in [9.17, 15) is 4.39 Å². The third-order valence-electron chi connectivity index (χ3n) is 2.41. The van der Waals surface area contributed by atoms with Gasteiger partial charge in [0.05, 0.1) is 12.7 Å². The first kappa shape index (κ1) is 12.1. The monoisotopic (exact) mass is 253 g/mol. The third-order valence-corrected chi connectivity index (χ3v) is 2.64. The highest BCUT2D eigenvalue weighted by atomic mass is 35.5. The molecule has 90 valence electrons. The zero-order valence-corrected chi connectivity index (χ0v) is 10.2. The average molecular weight is 254 g/mol. The Labute approximate surface area is 104 Å². The van der Waals surface area contributed by atoms with Crippen molar-refractivity contribution in [3.8, 4) is 0 Å². The molecule has 3 nitrogen and oxygen atoms in total. The first-order valence-corrected chi connectivity index (χ1v) is 5.66. The molecule has 0 radical (unpaired) electrons. The number of nitrogens with one attached hydrogen (secondary N) is 1. The molecule has 1 aromatic carbocycles. The molecule has 0 aliphatic carbocycles. The Morgan fingerprint density at radius 2 is 2.29 bits per heavy atom. The van der Waals surface area contributed by atoms with Gasteiger partial charge < -0.3 is 5.32 Å². The normalized spacial score (nSPS) is 10.8. The second-order valence-electron chi connectivity index (χ2n) is 3.81. The predicted octanol–water partition coefficient (Wildman–Crippen LogP) is 2.44. The maximum absolute atomic E-state index is 13.5. The first-order chi connectivity index (χ1) is 8.19. The number of halogens is 2. The number of hydrogen-bond acceptors (Lipinski definition) is 2. The van der Waals surface area contributed by atoms with Gasteiger partial charge in [0.25, 0.3) is 0 Å². The summed E-state index contributed by atoms with van der Waals surface area (Å²) in [4.78, 5) is 0. The summed E-state index contributed by atoms with van der Waals surface area (Å²) in [5.74, 6) is -0.264. The molecule has 2 aromatic rings. The van der Waals surface area contributed by atoms with Gasteiger partial charge in [0.1, 0.15) is 5.82 Å². The smallest absolute Gasteiger partial charge is 0.128 e. The molecule has 0 fully saturated rings. The Morgan fingerprint density at radius 1 is 1.47 bits per heavy atom. The van der Waals surface area contributed by atoms with Crippen molar-refractivity contribution in [2.24, 2.45) is 0 Å². The summed E-state index contributed by atoms with van der Waals surface area (Å²) in [7, 11) is 1.87. The number of aromatic nitrogens is 2. The van der Waals surface area contributed by atoms with Crippen molar-refractivity contribution in [2.75, 3.05) is 7.05 Å². The molecular formula is C12H13ClFN3. The summed E-state index contributed by atoms with van der Waals surface area (Å²) in [6.45, 7) is 1.13. The van der Waals surface area contributed by atoms with Crippen LogP contribution in [0.4, 0.5) is 4.39 Å². The number of hydrogen-bond donors (Lipinski definition) is 1. The van der Waals surface area contributed by atoms with Crippen LogP contribution in [0.5, 0.6) is 0 Å². The van der Waals surface area contributed by atoms with Crippen LogP contribution >= 0.6 is 11.6 Å². The van der Waals surface area contributed by atoms with Gasteiger partial charge in [-0.25, -0.2) is 4.39 Å². The minimum atomic E-state index is -0.264. The molecule has 1 heterocycles. The molecule has 0 amide bonds. The number of rotatable bonds is 4. The molecule has 1 N–H and O–H groups in total. The summed E-state index contributed by atoms with van der Waals surface area (Å²) in [5.41, 5.74) is 1.60. The molecule has 1 aromatic heterocycles. The molecule has 5 heteroatoms.